The van der Waals surface area contributed by atoms with E-state index in [2.05, 4.69) is 12.4 Å². The predicted molar refractivity (Wildman–Crippen MR) is 184 cm³/mol. The summed E-state index contributed by atoms with van der Waals surface area (Å²) in [7, 11) is -1.89. The Balaban J connectivity index is 1.28. The van der Waals surface area contributed by atoms with Crippen molar-refractivity contribution in [1.29, 1.82) is 0 Å². The number of likely N-dealkylation sites (tertiary alicyclic amines) is 1. The van der Waals surface area contributed by atoms with Crippen molar-refractivity contribution in [3.05, 3.63) is 94.9 Å². The number of phenolic OH excluding ortho intramolecular Hbond substituents is 1. The van der Waals surface area contributed by atoms with E-state index in [1.807, 2.05) is 25.1 Å². The number of primary amides is 1. The molecule has 0 saturated carbocycles. The number of nitrogens with two attached hydrogens (primary N) is 1. The van der Waals surface area contributed by atoms with Crippen LogP contribution in [0.15, 0.2) is 83.1 Å². The van der Waals surface area contributed by atoms with Crippen molar-refractivity contribution in [1.82, 2.24) is 0 Å². The molecule has 0 spiro atoms. The Labute approximate surface area is 288 Å². The summed E-state index contributed by atoms with van der Waals surface area (Å²) in [5.74, 6) is 0.894. The second-order valence-corrected chi connectivity index (χ2v) is 15.6. The third-order valence-corrected chi connectivity index (χ3v) is 11.3. The van der Waals surface area contributed by atoms with Crippen molar-refractivity contribution < 1.29 is 45.8 Å². The lowest BCUT2D eigenvalue weighted by Gasteiger charge is -2.38. The van der Waals surface area contributed by atoms with Gasteiger partial charge in [-0.3, -0.25) is 4.79 Å². The second-order valence-electron chi connectivity index (χ2n) is 12.5. The number of carbonyl (C=O) groups excluding carboxylic acids is 2. The number of benzene rings is 3. The van der Waals surface area contributed by atoms with Crippen molar-refractivity contribution in [2.24, 2.45) is 5.73 Å². The zero-order valence-electron chi connectivity index (χ0n) is 27.1. The molecule has 14 heteroatoms. The minimum absolute atomic E-state index is 0.0814. The summed E-state index contributed by atoms with van der Waals surface area (Å²) in [6.07, 6.45) is 1.48. The molecule has 1 saturated heterocycles. The number of fused-ring (bicyclic) bond motifs is 1. The second kappa shape index (κ2) is 13.9. The molecule has 256 valence electrons. The van der Waals surface area contributed by atoms with Crippen LogP contribution in [0.4, 0.5) is 10.5 Å². The van der Waals surface area contributed by atoms with Crippen molar-refractivity contribution in [3.63, 3.8) is 0 Å². The number of rotatable bonds is 10. The fourth-order valence-electron chi connectivity index (χ4n) is 6.25. The first-order valence-electron chi connectivity index (χ1n) is 15.7. The fraction of sp³-hybridized carbons (Fsp3) is 0.286. The topological polar surface area (TPSA) is 157 Å². The summed E-state index contributed by atoms with van der Waals surface area (Å²) < 4.78 is 43.9. The van der Waals surface area contributed by atoms with Crippen LogP contribution in [0.5, 0.6) is 23.0 Å². The molecule has 12 nitrogen and oxygen atoms in total. The van der Waals surface area contributed by atoms with E-state index in [0.29, 0.717) is 41.2 Å². The number of urea groups is 1. The Hall–Kier alpha value is -4.92. The fourth-order valence-corrected chi connectivity index (χ4v) is 8.42. The van der Waals surface area contributed by atoms with Crippen LogP contribution in [-0.4, -0.2) is 73.2 Å². The van der Waals surface area contributed by atoms with Crippen LogP contribution in [-0.2, 0) is 27.9 Å². The number of hydrogen-bond donors (Lipinski definition) is 3. The summed E-state index contributed by atoms with van der Waals surface area (Å²) in [6, 6.07) is 19.9. The Morgan fingerprint density at radius 1 is 1.02 bits per heavy atom. The first-order valence-corrected chi connectivity index (χ1v) is 18.0. The predicted octanol–water partition coefficient (Wildman–Crippen LogP) is 4.78. The number of phenols is 1. The van der Waals surface area contributed by atoms with E-state index in [1.165, 1.54) is 47.0 Å². The average Bonchev–Trinajstić information content (AvgIpc) is 3.71. The number of quaternary nitrogens is 1. The Bertz CT molecular complexity index is 2010. The molecule has 3 heterocycles. The van der Waals surface area contributed by atoms with Gasteiger partial charge in [0.1, 0.15) is 36.0 Å². The lowest BCUT2D eigenvalue weighted by Crippen LogP contribution is -2.56. The highest BCUT2D eigenvalue weighted by Crippen LogP contribution is 2.34. The number of hydrogen-bond acceptors (Lipinski definition) is 9. The number of piperidine rings is 1. The Kier molecular flexibility index (Phi) is 9.63. The summed E-state index contributed by atoms with van der Waals surface area (Å²) in [5, 5.41) is 12.7. The molecule has 1 fully saturated rings. The molecule has 1 aromatic heterocycles. The molecule has 49 heavy (non-hydrogen) atoms. The van der Waals surface area contributed by atoms with Gasteiger partial charge in [-0.1, -0.05) is 12.1 Å². The van der Waals surface area contributed by atoms with Gasteiger partial charge in [0.2, 0.25) is 6.79 Å². The van der Waals surface area contributed by atoms with E-state index < -0.39 is 28.1 Å². The first kappa shape index (κ1) is 34.0. The maximum atomic E-state index is 14.2. The number of carbonyl (C=O) groups is 2. The van der Waals surface area contributed by atoms with Crippen LogP contribution in [0.1, 0.15) is 28.8 Å². The average molecular weight is 707 g/mol. The molecule has 4 aromatic rings. The maximum absolute atomic E-state index is 14.2. The van der Waals surface area contributed by atoms with Crippen molar-refractivity contribution in [2.45, 2.75) is 43.0 Å². The van der Waals surface area contributed by atoms with Gasteiger partial charge in [-0.05, 0) is 79.2 Å². The largest absolute Gasteiger partial charge is 0.508 e. The molecule has 2 atom stereocenters. The van der Waals surface area contributed by atoms with Gasteiger partial charge in [-0.2, -0.15) is 17.8 Å². The standard InChI is InChI=1S/C35H36N4O8S2/c1-23-5-16-33(48-23)49(43,44)47-29-13-9-26(10-14-29)37-35(42)38(30(34(36)41)18-24-6-11-28(40)12-7-24)27-4-3-17-39(2,21-27)20-25-8-15-31-32(19-25)46-22-45-31/h5-16,19,30H,3-4,17-18,20-22H2,1-2H3,(H2-2,36,37,40,41,42)/p+2/b38-27+/t30-,39?/m0/s1. The number of thiophene rings is 1. The zero-order chi connectivity index (χ0) is 34.8. The highest BCUT2D eigenvalue weighted by molar-refractivity contribution is 7.89. The van der Waals surface area contributed by atoms with Crippen LogP contribution in [0.3, 0.4) is 0 Å². The minimum Gasteiger partial charge on any atom is -0.508 e. The molecule has 0 bridgehead atoms. The van der Waals surface area contributed by atoms with E-state index in [9.17, 15) is 23.1 Å². The van der Waals surface area contributed by atoms with Crippen LogP contribution in [0.25, 0.3) is 0 Å². The van der Waals surface area contributed by atoms with Crippen LogP contribution in [0.2, 0.25) is 0 Å². The lowest BCUT2D eigenvalue weighted by atomic mass is 10.0. The van der Waals surface area contributed by atoms with Gasteiger partial charge in [0.05, 0.1) is 13.6 Å². The highest BCUT2D eigenvalue weighted by Gasteiger charge is 2.39. The molecule has 2 aliphatic rings. The molecule has 3 amide bonds. The van der Waals surface area contributed by atoms with Gasteiger partial charge in [-0.25, -0.2) is 5.32 Å². The molecule has 0 aliphatic carbocycles. The van der Waals surface area contributed by atoms with Gasteiger partial charge in [0.15, 0.2) is 21.8 Å². The molecule has 1 unspecified atom stereocenters. The Morgan fingerprint density at radius 2 is 1.73 bits per heavy atom. The monoisotopic (exact) mass is 706 g/mol. The summed E-state index contributed by atoms with van der Waals surface area (Å²) >= 11 is 1.11. The molecular weight excluding hydrogens is 669 g/mol. The van der Waals surface area contributed by atoms with Crippen LogP contribution < -0.4 is 24.7 Å². The molecular formula is C35H38N4O8S2+2. The summed E-state index contributed by atoms with van der Waals surface area (Å²) in [6.45, 7) is 3.98. The summed E-state index contributed by atoms with van der Waals surface area (Å²) in [5.41, 5.74) is 8.90. The van der Waals surface area contributed by atoms with E-state index in [4.69, 9.17) is 19.4 Å². The molecule has 3 aromatic carbocycles. The number of ether oxygens (including phenoxy) is 2. The van der Waals surface area contributed by atoms with Crippen molar-refractivity contribution in [2.75, 3.05) is 32.2 Å². The third-order valence-electron chi connectivity index (χ3n) is 8.57. The minimum atomic E-state index is -4.01. The Morgan fingerprint density at radius 3 is 2.43 bits per heavy atom. The number of aryl methyl sites for hydroxylation is 1. The van der Waals surface area contributed by atoms with Gasteiger partial charge in [-0.15, -0.1) is 11.3 Å². The quantitative estimate of drug-likeness (QED) is 0.121. The van der Waals surface area contributed by atoms with Crippen LogP contribution in [0, 0.1) is 6.92 Å². The normalized spacial score (nSPS) is 18.8. The van der Waals surface area contributed by atoms with E-state index in [-0.39, 0.29) is 28.9 Å². The molecule has 2 aliphatic heterocycles. The maximum Gasteiger partial charge on any atom is 0.496 e. The van der Waals surface area contributed by atoms with Gasteiger partial charge in [0, 0.05) is 29.7 Å². The molecule has 4 N–H and O–H groups in total. The first-order chi connectivity index (χ1) is 23.4. The molecule has 0 radical (unpaired) electrons. The number of amides is 3. The molecule has 6 rings (SSSR count). The lowest BCUT2D eigenvalue weighted by molar-refractivity contribution is -0.918. The van der Waals surface area contributed by atoms with Gasteiger partial charge < -0.3 is 29.0 Å². The van der Waals surface area contributed by atoms with E-state index >= 15 is 0 Å². The van der Waals surface area contributed by atoms with E-state index in [1.54, 1.807) is 18.2 Å². The SMILES string of the molecule is Cc1ccc(S(=O)(=O)Oc2ccc(NC(=O)/[N+](=C3\CCC[N+](C)(Cc4ccc5c(c4)OCO5)C3)[C@@H](Cc3ccc(O)cc3)C(N)=O)cc2)s1. The number of nitrogens with zero attached hydrogens (tertiary/aromatic N) is 2. The third kappa shape index (κ3) is 8.04. The van der Waals surface area contributed by atoms with Crippen LogP contribution >= 0.6 is 11.3 Å². The highest BCUT2D eigenvalue weighted by atomic mass is 32.3. The number of aromatic hydroxyl groups is 1. The summed E-state index contributed by atoms with van der Waals surface area (Å²) in [4.78, 5) is 28.1. The van der Waals surface area contributed by atoms with E-state index in [0.717, 1.165) is 46.0 Å². The smallest absolute Gasteiger partial charge is 0.496 e. The van der Waals surface area contributed by atoms with Crippen molar-refractivity contribution in [3.8, 4) is 23.0 Å². The van der Waals surface area contributed by atoms with Gasteiger partial charge >= 0.3 is 16.1 Å². The van der Waals surface area contributed by atoms with Crippen molar-refractivity contribution >= 4 is 44.8 Å². The number of anilines is 1. The van der Waals surface area contributed by atoms with Gasteiger partial charge in [0.25, 0.3) is 5.91 Å². The number of nitrogens with one attached hydrogen (secondary N) is 1. The zero-order valence-corrected chi connectivity index (χ0v) is 28.8.